The van der Waals surface area contributed by atoms with Gasteiger partial charge in [-0.05, 0) is 118 Å². The van der Waals surface area contributed by atoms with E-state index < -0.39 is 6.41 Å². The third-order valence-electron chi connectivity index (χ3n) is 12.0. The zero-order chi connectivity index (χ0) is 25.9. The standard InChI is InChI=1S/C30H53N3O3/c1-19(32-36-27(35)33(6)17-21-16-28(2,3)18-31-21)24-9-10-25-23-8-7-20-15-22(34)11-13-29(20,4)26(23)12-14-30(24,25)5/h20-27,31,34-35H,7-18H2,1-6H3/b32-19+/t20-,21?,22-,23-,24+,25-,26-,27?,29-,30+/m0/s1. The van der Waals surface area contributed by atoms with Gasteiger partial charge in [0.25, 0.3) is 6.41 Å². The van der Waals surface area contributed by atoms with Crippen LogP contribution in [0, 0.1) is 45.8 Å². The van der Waals surface area contributed by atoms with Crippen LogP contribution in [-0.2, 0) is 4.84 Å². The molecule has 4 saturated carbocycles. The molecule has 1 heterocycles. The molecular formula is C30H53N3O3. The number of aliphatic hydroxyl groups excluding tert-OH is 2. The van der Waals surface area contributed by atoms with Gasteiger partial charge in [-0.2, -0.15) is 0 Å². The quantitative estimate of drug-likeness (QED) is 0.270. The Morgan fingerprint density at radius 3 is 2.47 bits per heavy atom. The predicted molar refractivity (Wildman–Crippen MR) is 144 cm³/mol. The summed E-state index contributed by atoms with van der Waals surface area (Å²) in [6.07, 6.45) is 11.0. The van der Waals surface area contributed by atoms with Gasteiger partial charge in [-0.3, -0.25) is 0 Å². The number of rotatable bonds is 6. The first-order valence-corrected chi connectivity index (χ1v) is 14.9. The van der Waals surface area contributed by atoms with Crippen molar-refractivity contribution in [2.24, 2.45) is 51.0 Å². The lowest BCUT2D eigenvalue weighted by Gasteiger charge is -2.61. The number of aliphatic hydroxyl groups is 2. The number of hydrogen-bond acceptors (Lipinski definition) is 6. The fourth-order valence-corrected chi connectivity index (χ4v) is 9.99. The van der Waals surface area contributed by atoms with Gasteiger partial charge in [-0.15, -0.1) is 0 Å². The Morgan fingerprint density at radius 1 is 1.03 bits per heavy atom. The lowest BCUT2D eigenvalue weighted by atomic mass is 9.44. The number of fused-ring (bicyclic) bond motifs is 5. The first-order valence-electron chi connectivity index (χ1n) is 14.9. The molecule has 5 fully saturated rings. The van der Waals surface area contributed by atoms with Crippen LogP contribution in [0.5, 0.6) is 0 Å². The van der Waals surface area contributed by atoms with E-state index in [4.69, 9.17) is 4.84 Å². The van der Waals surface area contributed by atoms with Crippen molar-refractivity contribution in [2.45, 2.75) is 117 Å². The molecule has 10 atom stereocenters. The number of hydrogen-bond donors (Lipinski definition) is 3. The largest absolute Gasteiger partial charge is 0.393 e. The Bertz CT molecular complexity index is 832. The minimum atomic E-state index is -1.01. The molecule has 1 saturated heterocycles. The zero-order valence-corrected chi connectivity index (χ0v) is 23.8. The SMILES string of the molecule is C/C(=N\OC(O)N(C)CC1CC(C)(C)CN1)[C@H]1CC[C@H]2[C@@H]3CC[C@H]4C[C@@H](O)CC[C@]4(C)[C@H]3CC[C@]12C. The third kappa shape index (κ3) is 4.78. The fraction of sp³-hybridized carbons (Fsp3) is 0.967. The van der Waals surface area contributed by atoms with Crippen LogP contribution in [0.1, 0.15) is 98.8 Å². The fourth-order valence-electron chi connectivity index (χ4n) is 9.99. The van der Waals surface area contributed by atoms with Crippen LogP contribution in [0.15, 0.2) is 5.16 Å². The molecule has 2 unspecified atom stereocenters. The summed E-state index contributed by atoms with van der Waals surface area (Å²) in [4.78, 5) is 7.55. The van der Waals surface area contributed by atoms with Gasteiger partial charge >= 0.3 is 0 Å². The molecule has 0 radical (unpaired) electrons. The molecule has 206 valence electrons. The van der Waals surface area contributed by atoms with Gasteiger partial charge < -0.3 is 20.4 Å². The van der Waals surface area contributed by atoms with E-state index in [0.717, 1.165) is 55.8 Å². The van der Waals surface area contributed by atoms with Gasteiger partial charge in [0.15, 0.2) is 0 Å². The number of nitrogens with zero attached hydrogens (tertiary/aromatic N) is 2. The van der Waals surface area contributed by atoms with Crippen LogP contribution in [0.3, 0.4) is 0 Å². The molecule has 1 aliphatic heterocycles. The summed E-state index contributed by atoms with van der Waals surface area (Å²) in [5, 5.41) is 29.1. The molecule has 6 heteroatoms. The van der Waals surface area contributed by atoms with Gasteiger partial charge in [0.2, 0.25) is 0 Å². The third-order valence-corrected chi connectivity index (χ3v) is 12.0. The number of oxime groups is 1. The van der Waals surface area contributed by atoms with Gasteiger partial charge in [0.05, 0.1) is 11.8 Å². The average Bonchev–Trinajstić information content (AvgIpc) is 3.35. The van der Waals surface area contributed by atoms with Gasteiger partial charge in [0, 0.05) is 25.0 Å². The molecule has 6 nitrogen and oxygen atoms in total. The van der Waals surface area contributed by atoms with E-state index in [1.165, 1.54) is 44.9 Å². The Balaban J connectivity index is 1.21. The summed E-state index contributed by atoms with van der Waals surface area (Å²) < 4.78 is 0. The van der Waals surface area contributed by atoms with Crippen molar-refractivity contribution in [1.82, 2.24) is 10.2 Å². The van der Waals surface area contributed by atoms with E-state index in [-0.39, 0.29) is 11.5 Å². The highest BCUT2D eigenvalue weighted by Crippen LogP contribution is 2.67. The molecular weight excluding hydrogens is 450 g/mol. The molecule has 0 bridgehead atoms. The summed E-state index contributed by atoms with van der Waals surface area (Å²) in [7, 11) is 1.91. The monoisotopic (exact) mass is 503 g/mol. The average molecular weight is 504 g/mol. The number of likely N-dealkylation sites (N-methyl/N-ethyl adjacent to an activating group) is 1. The van der Waals surface area contributed by atoms with Crippen LogP contribution in [-0.4, -0.2) is 59.5 Å². The van der Waals surface area contributed by atoms with E-state index in [0.29, 0.717) is 28.7 Å². The second-order valence-electron chi connectivity index (χ2n) is 14.8. The summed E-state index contributed by atoms with van der Waals surface area (Å²) >= 11 is 0. The Labute approximate surface area is 219 Å². The molecule has 4 aliphatic carbocycles. The van der Waals surface area contributed by atoms with E-state index >= 15 is 0 Å². The van der Waals surface area contributed by atoms with Crippen LogP contribution in [0.2, 0.25) is 0 Å². The van der Waals surface area contributed by atoms with Crippen molar-refractivity contribution in [3.63, 3.8) is 0 Å². The molecule has 5 aliphatic rings. The van der Waals surface area contributed by atoms with Crippen molar-refractivity contribution in [3.05, 3.63) is 0 Å². The minimum absolute atomic E-state index is 0.0705. The normalized spacial score (nSPS) is 47.2. The van der Waals surface area contributed by atoms with E-state index in [9.17, 15) is 10.2 Å². The Morgan fingerprint density at radius 2 is 1.75 bits per heavy atom. The molecule has 3 N–H and O–H groups in total. The van der Waals surface area contributed by atoms with Crippen molar-refractivity contribution in [2.75, 3.05) is 20.1 Å². The van der Waals surface area contributed by atoms with E-state index in [2.05, 4.69) is 45.1 Å². The molecule has 5 rings (SSSR count). The number of nitrogens with one attached hydrogen (secondary N) is 1. The highest BCUT2D eigenvalue weighted by Gasteiger charge is 2.60. The second-order valence-corrected chi connectivity index (χ2v) is 14.8. The van der Waals surface area contributed by atoms with Crippen molar-refractivity contribution in [1.29, 1.82) is 0 Å². The van der Waals surface area contributed by atoms with Gasteiger partial charge in [0.1, 0.15) is 0 Å². The first-order chi connectivity index (χ1) is 16.9. The van der Waals surface area contributed by atoms with Crippen LogP contribution < -0.4 is 5.32 Å². The second kappa shape index (κ2) is 9.81. The minimum Gasteiger partial charge on any atom is -0.393 e. The predicted octanol–water partition coefficient (Wildman–Crippen LogP) is 4.99. The lowest BCUT2D eigenvalue weighted by molar-refractivity contribution is -0.187. The van der Waals surface area contributed by atoms with Gasteiger partial charge in [-0.25, -0.2) is 4.90 Å². The van der Waals surface area contributed by atoms with Crippen LogP contribution in [0.25, 0.3) is 0 Å². The van der Waals surface area contributed by atoms with Crippen molar-refractivity contribution in [3.8, 4) is 0 Å². The zero-order valence-electron chi connectivity index (χ0n) is 23.8. The molecule has 0 aromatic carbocycles. The first kappa shape index (κ1) is 26.9. The molecule has 0 aromatic heterocycles. The summed E-state index contributed by atoms with van der Waals surface area (Å²) in [5.41, 5.74) is 2.08. The Kier molecular flexibility index (Phi) is 7.33. The highest BCUT2D eigenvalue weighted by atomic mass is 16.7. The van der Waals surface area contributed by atoms with E-state index in [1.807, 2.05) is 11.9 Å². The maximum atomic E-state index is 10.7. The van der Waals surface area contributed by atoms with Crippen LogP contribution in [0.4, 0.5) is 0 Å². The maximum Gasteiger partial charge on any atom is 0.284 e. The van der Waals surface area contributed by atoms with Crippen molar-refractivity contribution < 1.29 is 15.1 Å². The molecule has 0 spiro atoms. The topological polar surface area (TPSA) is 77.3 Å². The van der Waals surface area contributed by atoms with Crippen LogP contribution >= 0.6 is 0 Å². The Hall–Kier alpha value is -0.690. The molecule has 36 heavy (non-hydrogen) atoms. The summed E-state index contributed by atoms with van der Waals surface area (Å²) in [6.45, 7) is 13.6. The lowest BCUT2D eigenvalue weighted by Crippen LogP contribution is -2.54. The van der Waals surface area contributed by atoms with Crippen molar-refractivity contribution >= 4 is 5.71 Å². The summed E-state index contributed by atoms with van der Waals surface area (Å²) in [6, 6.07) is 0.377. The molecule has 0 aromatic rings. The molecule has 0 amide bonds. The maximum absolute atomic E-state index is 10.7. The smallest absolute Gasteiger partial charge is 0.284 e. The summed E-state index contributed by atoms with van der Waals surface area (Å²) in [5.74, 6) is 3.56. The van der Waals surface area contributed by atoms with E-state index in [1.54, 1.807) is 0 Å². The highest BCUT2D eigenvalue weighted by molar-refractivity contribution is 5.85. The van der Waals surface area contributed by atoms with Gasteiger partial charge in [-0.1, -0.05) is 32.9 Å².